The summed E-state index contributed by atoms with van der Waals surface area (Å²) in [5.74, 6) is 0.604. The van der Waals surface area contributed by atoms with Crippen LogP contribution in [0.15, 0.2) is 17.5 Å². The third-order valence-electron chi connectivity index (χ3n) is 3.22. The van der Waals surface area contributed by atoms with E-state index in [1.807, 2.05) is 31.6 Å². The first kappa shape index (κ1) is 16.6. The number of nitrogens with zero attached hydrogens (tertiary/aromatic N) is 3. The number of amides is 1. The highest BCUT2D eigenvalue weighted by Gasteiger charge is 2.17. The molecule has 1 aromatic carbocycles. The van der Waals surface area contributed by atoms with Crippen molar-refractivity contribution in [3.8, 4) is 17.0 Å². The lowest BCUT2D eigenvalue weighted by atomic mass is 10.1. The first-order valence-corrected chi connectivity index (χ1v) is 8.74. The normalized spacial score (nSPS) is 11.2. The van der Waals surface area contributed by atoms with Crippen LogP contribution in [0.3, 0.4) is 0 Å². The number of thiazole rings is 2. The first-order chi connectivity index (χ1) is 11.5. The maximum absolute atomic E-state index is 10.9. The second-order valence-corrected chi connectivity index (χ2v) is 7.25. The van der Waals surface area contributed by atoms with Gasteiger partial charge in [0.25, 0.3) is 0 Å². The van der Waals surface area contributed by atoms with Gasteiger partial charge in [0.15, 0.2) is 5.13 Å². The van der Waals surface area contributed by atoms with Crippen molar-refractivity contribution in [3.05, 3.63) is 22.5 Å². The molecule has 1 amide bonds. The number of fused-ring (bicyclic) bond motifs is 1. The zero-order valence-electron chi connectivity index (χ0n) is 13.4. The number of rotatable bonds is 5. The second-order valence-electron chi connectivity index (χ2n) is 5.31. The van der Waals surface area contributed by atoms with Crippen LogP contribution in [0.2, 0.25) is 0 Å². The monoisotopic (exact) mass is 364 g/mol. The lowest BCUT2D eigenvalue weighted by molar-refractivity contribution is 0.209. The SMILES string of the molecule is COc1ccc(-c2csc(CN(C)C)n2)c2sc(NC(=O)O)nc12. The molecule has 3 rings (SSSR count). The van der Waals surface area contributed by atoms with E-state index in [4.69, 9.17) is 9.84 Å². The van der Waals surface area contributed by atoms with Gasteiger partial charge in [0.1, 0.15) is 16.3 Å². The van der Waals surface area contributed by atoms with Gasteiger partial charge >= 0.3 is 6.09 Å². The molecule has 0 atom stereocenters. The summed E-state index contributed by atoms with van der Waals surface area (Å²) in [5, 5.41) is 14.5. The fraction of sp³-hybridized carbons (Fsp3) is 0.267. The third-order valence-corrected chi connectivity index (χ3v) is 5.06. The molecule has 0 fully saturated rings. The van der Waals surface area contributed by atoms with Crippen LogP contribution in [-0.4, -0.2) is 47.3 Å². The van der Waals surface area contributed by atoms with Gasteiger partial charge in [-0.3, -0.25) is 5.32 Å². The Hall–Kier alpha value is -2.23. The minimum Gasteiger partial charge on any atom is -0.494 e. The van der Waals surface area contributed by atoms with E-state index in [9.17, 15) is 4.79 Å². The summed E-state index contributed by atoms with van der Waals surface area (Å²) in [6.07, 6.45) is -1.14. The van der Waals surface area contributed by atoms with Gasteiger partial charge < -0.3 is 14.7 Å². The van der Waals surface area contributed by atoms with Crippen LogP contribution in [0.5, 0.6) is 5.75 Å². The lowest BCUT2D eigenvalue weighted by Crippen LogP contribution is -2.10. The molecule has 24 heavy (non-hydrogen) atoms. The maximum Gasteiger partial charge on any atom is 0.410 e. The van der Waals surface area contributed by atoms with Crippen molar-refractivity contribution < 1.29 is 14.6 Å². The van der Waals surface area contributed by atoms with Crippen LogP contribution in [0.4, 0.5) is 9.93 Å². The van der Waals surface area contributed by atoms with E-state index in [2.05, 4.69) is 20.2 Å². The van der Waals surface area contributed by atoms with E-state index in [1.165, 1.54) is 11.3 Å². The smallest absolute Gasteiger partial charge is 0.410 e. The molecule has 3 aromatic rings. The predicted octanol–water partition coefficient (Wildman–Crippen LogP) is 3.58. The van der Waals surface area contributed by atoms with Gasteiger partial charge in [-0.05, 0) is 26.2 Å². The Bertz CT molecular complexity index is 888. The number of carboxylic acid groups (broad SMARTS) is 1. The molecule has 2 N–H and O–H groups in total. The van der Waals surface area contributed by atoms with Crippen molar-refractivity contribution in [2.45, 2.75) is 6.54 Å². The summed E-state index contributed by atoms with van der Waals surface area (Å²) in [4.78, 5) is 21.9. The van der Waals surface area contributed by atoms with E-state index >= 15 is 0 Å². The summed E-state index contributed by atoms with van der Waals surface area (Å²) >= 11 is 2.87. The van der Waals surface area contributed by atoms with Crippen molar-refractivity contribution in [1.82, 2.24) is 14.9 Å². The van der Waals surface area contributed by atoms with Crippen LogP contribution >= 0.6 is 22.7 Å². The molecule has 126 valence electrons. The van der Waals surface area contributed by atoms with Gasteiger partial charge in [-0.15, -0.1) is 11.3 Å². The van der Waals surface area contributed by atoms with Crippen molar-refractivity contribution >= 4 is 44.1 Å². The zero-order chi connectivity index (χ0) is 17.3. The molecule has 2 heterocycles. The van der Waals surface area contributed by atoms with Crippen LogP contribution in [0.1, 0.15) is 5.01 Å². The number of carbonyl (C=O) groups is 1. The summed E-state index contributed by atoms with van der Waals surface area (Å²) in [6.45, 7) is 0.776. The molecule has 0 saturated heterocycles. The number of ether oxygens (including phenoxy) is 1. The number of hydrogen-bond acceptors (Lipinski definition) is 7. The fourth-order valence-corrected chi connectivity index (χ4v) is 4.18. The highest BCUT2D eigenvalue weighted by atomic mass is 32.1. The topological polar surface area (TPSA) is 87.6 Å². The van der Waals surface area contributed by atoms with Gasteiger partial charge in [0, 0.05) is 17.5 Å². The minimum atomic E-state index is -1.14. The van der Waals surface area contributed by atoms with Crippen LogP contribution in [0, 0.1) is 0 Å². The molecule has 9 heteroatoms. The van der Waals surface area contributed by atoms with E-state index in [-0.39, 0.29) is 0 Å². The molecule has 0 aliphatic rings. The molecule has 0 spiro atoms. The Balaban J connectivity index is 2.08. The third kappa shape index (κ3) is 3.32. The standard InChI is InChI=1S/C15H16N4O3S2/c1-19(2)6-11-16-9(7-23-11)8-4-5-10(22-3)12-13(8)24-14(17-12)18-15(20)21/h4-5,7H,6H2,1-3H3,(H,17,18)(H,20,21). The maximum atomic E-state index is 10.9. The van der Waals surface area contributed by atoms with Crippen LogP contribution in [0.25, 0.3) is 21.5 Å². The fourth-order valence-electron chi connectivity index (χ4n) is 2.27. The summed E-state index contributed by atoms with van der Waals surface area (Å²) in [5.41, 5.74) is 2.41. The average Bonchev–Trinajstić information content (AvgIpc) is 3.11. The van der Waals surface area contributed by atoms with E-state index < -0.39 is 6.09 Å². The highest BCUT2D eigenvalue weighted by molar-refractivity contribution is 7.23. The molecule has 0 aliphatic carbocycles. The quantitative estimate of drug-likeness (QED) is 0.719. The van der Waals surface area contributed by atoms with Gasteiger partial charge in [-0.2, -0.15) is 0 Å². The van der Waals surface area contributed by atoms with E-state index in [0.29, 0.717) is 16.4 Å². The van der Waals surface area contributed by atoms with Gasteiger partial charge in [0.05, 0.1) is 17.5 Å². The Morgan fingerprint density at radius 2 is 2.17 bits per heavy atom. The van der Waals surface area contributed by atoms with Gasteiger partial charge in [-0.25, -0.2) is 14.8 Å². The van der Waals surface area contributed by atoms with Crippen molar-refractivity contribution in [3.63, 3.8) is 0 Å². The van der Waals surface area contributed by atoms with Crippen molar-refractivity contribution in [2.75, 3.05) is 26.5 Å². The lowest BCUT2D eigenvalue weighted by Gasteiger charge is -2.05. The molecular formula is C15H16N4O3S2. The minimum absolute atomic E-state index is 0.312. The number of aromatic nitrogens is 2. The molecule has 0 saturated carbocycles. The number of hydrogen-bond donors (Lipinski definition) is 2. The number of methoxy groups -OCH3 is 1. The van der Waals surface area contributed by atoms with Gasteiger partial charge in [-0.1, -0.05) is 11.3 Å². The number of nitrogens with one attached hydrogen (secondary N) is 1. The number of anilines is 1. The highest BCUT2D eigenvalue weighted by Crippen LogP contribution is 2.39. The molecule has 2 aromatic heterocycles. The van der Waals surface area contributed by atoms with Crippen molar-refractivity contribution in [2.24, 2.45) is 0 Å². The molecule has 0 radical (unpaired) electrons. The van der Waals surface area contributed by atoms with Crippen LogP contribution in [-0.2, 0) is 6.54 Å². The summed E-state index contributed by atoms with van der Waals surface area (Å²) < 4.78 is 6.19. The largest absolute Gasteiger partial charge is 0.494 e. The zero-order valence-corrected chi connectivity index (χ0v) is 15.0. The molecule has 0 aliphatic heterocycles. The Morgan fingerprint density at radius 3 is 2.83 bits per heavy atom. The predicted molar refractivity (Wildman–Crippen MR) is 96.3 cm³/mol. The number of benzene rings is 1. The van der Waals surface area contributed by atoms with E-state index in [1.54, 1.807) is 18.4 Å². The molecular weight excluding hydrogens is 348 g/mol. The Labute approximate surface area is 146 Å². The summed E-state index contributed by atoms with van der Waals surface area (Å²) in [7, 11) is 5.56. The molecule has 0 unspecified atom stereocenters. The average molecular weight is 364 g/mol. The molecule has 0 bridgehead atoms. The summed E-state index contributed by atoms with van der Waals surface area (Å²) in [6, 6.07) is 3.76. The van der Waals surface area contributed by atoms with E-state index in [0.717, 1.165) is 27.5 Å². The Kier molecular flexibility index (Phi) is 4.65. The van der Waals surface area contributed by atoms with Crippen molar-refractivity contribution in [1.29, 1.82) is 0 Å². The van der Waals surface area contributed by atoms with Crippen LogP contribution < -0.4 is 10.1 Å². The molecule has 7 nitrogen and oxygen atoms in total. The first-order valence-electron chi connectivity index (χ1n) is 7.05. The Morgan fingerprint density at radius 1 is 1.38 bits per heavy atom. The second kappa shape index (κ2) is 6.71. The van der Waals surface area contributed by atoms with Gasteiger partial charge in [0.2, 0.25) is 0 Å².